The monoisotopic (exact) mass is 193 g/mol. The third kappa shape index (κ3) is 4.10. The van der Waals surface area contributed by atoms with Gasteiger partial charge in [0.15, 0.2) is 0 Å². The van der Waals surface area contributed by atoms with Gasteiger partial charge in [-0.1, -0.05) is 31.2 Å². The summed E-state index contributed by atoms with van der Waals surface area (Å²) in [5.74, 6) is 1.28. The maximum atomic E-state index is 5.96. The van der Waals surface area contributed by atoms with E-state index >= 15 is 0 Å². The molecule has 0 aromatic heterocycles. The number of allylic oxidation sites excluding steroid dienone is 4. The van der Waals surface area contributed by atoms with Gasteiger partial charge in [-0.25, -0.2) is 0 Å². The minimum Gasteiger partial charge on any atom is -0.326 e. The molecule has 2 N–H and O–H groups in total. The predicted octanol–water partition coefficient (Wildman–Crippen LogP) is 3.27. The van der Waals surface area contributed by atoms with Gasteiger partial charge in [0, 0.05) is 5.54 Å². The molecule has 0 spiro atoms. The molecule has 1 nitrogen and oxygen atoms in total. The molecule has 1 aliphatic rings. The van der Waals surface area contributed by atoms with Gasteiger partial charge in [0.05, 0.1) is 0 Å². The highest BCUT2D eigenvalue weighted by molar-refractivity contribution is 5.13. The van der Waals surface area contributed by atoms with E-state index in [0.717, 1.165) is 6.42 Å². The second-order valence-corrected chi connectivity index (χ2v) is 5.03. The maximum Gasteiger partial charge on any atom is 0.00973 e. The fourth-order valence-corrected chi connectivity index (χ4v) is 1.70. The lowest BCUT2D eigenvalue weighted by molar-refractivity contribution is 0.438. The third-order valence-electron chi connectivity index (χ3n) is 2.80. The van der Waals surface area contributed by atoms with E-state index in [4.69, 9.17) is 5.73 Å². The zero-order valence-electron chi connectivity index (χ0n) is 9.66. The van der Waals surface area contributed by atoms with Crippen LogP contribution in [0.25, 0.3) is 0 Å². The molecule has 0 aliphatic heterocycles. The van der Waals surface area contributed by atoms with Crippen LogP contribution in [-0.4, -0.2) is 5.54 Å². The van der Waals surface area contributed by atoms with E-state index in [-0.39, 0.29) is 5.54 Å². The normalized spacial score (nSPS) is 26.9. The zero-order valence-corrected chi connectivity index (χ0v) is 9.66. The number of hydrogen-bond acceptors (Lipinski definition) is 1. The number of hydrogen-bond donors (Lipinski definition) is 1. The summed E-state index contributed by atoms with van der Waals surface area (Å²) in [6, 6.07) is 0. The smallest absolute Gasteiger partial charge is 0.00973 e. The molecule has 0 fully saturated rings. The van der Waals surface area contributed by atoms with Crippen molar-refractivity contribution in [3.8, 4) is 0 Å². The van der Waals surface area contributed by atoms with Crippen molar-refractivity contribution in [1.82, 2.24) is 0 Å². The number of rotatable bonds is 4. The van der Waals surface area contributed by atoms with Crippen LogP contribution in [0.1, 0.15) is 40.0 Å². The quantitative estimate of drug-likeness (QED) is 0.681. The van der Waals surface area contributed by atoms with E-state index < -0.39 is 0 Å². The van der Waals surface area contributed by atoms with E-state index in [1.54, 1.807) is 0 Å². The maximum absolute atomic E-state index is 5.96. The molecule has 0 saturated carbocycles. The molecule has 0 aromatic carbocycles. The predicted molar refractivity (Wildman–Crippen MR) is 63.1 cm³/mol. The van der Waals surface area contributed by atoms with Crippen LogP contribution in [-0.2, 0) is 0 Å². The van der Waals surface area contributed by atoms with Crippen LogP contribution in [0.5, 0.6) is 0 Å². The molecule has 0 saturated heterocycles. The summed E-state index contributed by atoms with van der Waals surface area (Å²) in [6.07, 6.45) is 12.8. The van der Waals surface area contributed by atoms with Crippen molar-refractivity contribution >= 4 is 0 Å². The zero-order chi connectivity index (χ0) is 10.6. The van der Waals surface area contributed by atoms with Gasteiger partial charge in [-0.15, -0.1) is 0 Å². The highest BCUT2D eigenvalue weighted by atomic mass is 14.7. The molecule has 1 heteroatoms. The van der Waals surface area contributed by atoms with Crippen molar-refractivity contribution in [2.45, 2.75) is 45.6 Å². The van der Waals surface area contributed by atoms with Crippen molar-refractivity contribution in [3.05, 3.63) is 24.3 Å². The van der Waals surface area contributed by atoms with Crippen LogP contribution in [0.15, 0.2) is 24.3 Å². The Morgan fingerprint density at radius 3 is 2.00 bits per heavy atom. The molecular weight excluding hydrogens is 170 g/mol. The molecule has 80 valence electrons. The Labute approximate surface area is 88.1 Å². The van der Waals surface area contributed by atoms with Gasteiger partial charge in [-0.2, -0.15) is 0 Å². The molecule has 0 aromatic rings. The molecule has 0 bridgehead atoms. The van der Waals surface area contributed by atoms with Crippen LogP contribution in [0, 0.1) is 11.8 Å². The van der Waals surface area contributed by atoms with Crippen molar-refractivity contribution < 1.29 is 0 Å². The molecule has 1 rings (SSSR count). The molecule has 0 amide bonds. The largest absolute Gasteiger partial charge is 0.326 e. The Hall–Kier alpha value is -0.560. The minimum absolute atomic E-state index is 0.0245. The first-order valence-corrected chi connectivity index (χ1v) is 5.67. The standard InChI is InChI=1S/C13H23N/c1-4-11-5-7-12(8-6-11)9-10-13(2,3)14/h5-8,11-12H,4,9-10,14H2,1-3H3. The highest BCUT2D eigenvalue weighted by Gasteiger charge is 2.14. The van der Waals surface area contributed by atoms with E-state index in [9.17, 15) is 0 Å². The fourth-order valence-electron chi connectivity index (χ4n) is 1.70. The van der Waals surface area contributed by atoms with E-state index in [2.05, 4.69) is 45.1 Å². The first-order chi connectivity index (χ1) is 6.51. The molecule has 0 unspecified atom stereocenters. The first kappa shape index (κ1) is 11.5. The molecule has 0 atom stereocenters. The second kappa shape index (κ2) is 4.79. The van der Waals surface area contributed by atoms with E-state index in [1.807, 2.05) is 0 Å². The summed E-state index contributed by atoms with van der Waals surface area (Å²) >= 11 is 0. The molecule has 0 heterocycles. The van der Waals surface area contributed by atoms with Crippen molar-refractivity contribution in [1.29, 1.82) is 0 Å². The third-order valence-corrected chi connectivity index (χ3v) is 2.80. The van der Waals surface area contributed by atoms with Gasteiger partial charge >= 0.3 is 0 Å². The Kier molecular flexibility index (Phi) is 3.94. The number of nitrogens with two attached hydrogens (primary N) is 1. The van der Waals surface area contributed by atoms with E-state index in [0.29, 0.717) is 11.8 Å². The highest BCUT2D eigenvalue weighted by Crippen LogP contribution is 2.22. The van der Waals surface area contributed by atoms with Crippen molar-refractivity contribution in [3.63, 3.8) is 0 Å². The molecule has 0 radical (unpaired) electrons. The molecule has 14 heavy (non-hydrogen) atoms. The summed E-state index contributed by atoms with van der Waals surface area (Å²) in [4.78, 5) is 0. The average Bonchev–Trinajstić information content (AvgIpc) is 2.14. The van der Waals surface area contributed by atoms with Crippen LogP contribution < -0.4 is 5.73 Å². The Morgan fingerprint density at radius 1 is 1.07 bits per heavy atom. The first-order valence-electron chi connectivity index (χ1n) is 5.67. The lowest BCUT2D eigenvalue weighted by Gasteiger charge is -2.22. The van der Waals surface area contributed by atoms with Gasteiger partial charge in [-0.05, 0) is 44.9 Å². The molecule has 1 aliphatic carbocycles. The Bertz CT molecular complexity index is 206. The second-order valence-electron chi connectivity index (χ2n) is 5.03. The van der Waals surface area contributed by atoms with Crippen LogP contribution in [0.2, 0.25) is 0 Å². The summed E-state index contributed by atoms with van der Waals surface area (Å²) < 4.78 is 0. The summed E-state index contributed by atoms with van der Waals surface area (Å²) in [5.41, 5.74) is 5.93. The Morgan fingerprint density at radius 2 is 1.57 bits per heavy atom. The lowest BCUT2D eigenvalue weighted by Crippen LogP contribution is -2.32. The Balaban J connectivity index is 2.33. The summed E-state index contributed by atoms with van der Waals surface area (Å²) in [6.45, 7) is 6.42. The van der Waals surface area contributed by atoms with Crippen LogP contribution in [0.3, 0.4) is 0 Å². The average molecular weight is 193 g/mol. The van der Waals surface area contributed by atoms with Crippen molar-refractivity contribution in [2.75, 3.05) is 0 Å². The van der Waals surface area contributed by atoms with Gasteiger partial charge < -0.3 is 5.73 Å². The minimum atomic E-state index is -0.0245. The summed E-state index contributed by atoms with van der Waals surface area (Å²) in [5, 5.41) is 0. The van der Waals surface area contributed by atoms with E-state index in [1.165, 1.54) is 12.8 Å². The van der Waals surface area contributed by atoms with Gasteiger partial charge in [0.2, 0.25) is 0 Å². The van der Waals surface area contributed by atoms with Crippen LogP contribution in [0.4, 0.5) is 0 Å². The van der Waals surface area contributed by atoms with Gasteiger partial charge in [-0.3, -0.25) is 0 Å². The molecular formula is C13H23N. The van der Waals surface area contributed by atoms with Crippen molar-refractivity contribution in [2.24, 2.45) is 17.6 Å². The SMILES string of the molecule is CCC1C=CC(CCC(C)(C)N)C=C1. The van der Waals surface area contributed by atoms with Gasteiger partial charge in [0.25, 0.3) is 0 Å². The fraction of sp³-hybridized carbons (Fsp3) is 0.692. The lowest BCUT2D eigenvalue weighted by atomic mass is 9.88. The van der Waals surface area contributed by atoms with Gasteiger partial charge in [0.1, 0.15) is 0 Å². The topological polar surface area (TPSA) is 26.0 Å². The van der Waals surface area contributed by atoms with Crippen LogP contribution >= 0.6 is 0 Å². The summed E-state index contributed by atoms with van der Waals surface area (Å²) in [7, 11) is 0.